The molecule has 1 N–H and O–H groups in total. The van der Waals surface area contributed by atoms with Crippen molar-refractivity contribution in [2.45, 2.75) is 13.8 Å². The molecule has 120 valence electrons. The van der Waals surface area contributed by atoms with Crippen molar-refractivity contribution in [2.24, 2.45) is 0 Å². The van der Waals surface area contributed by atoms with E-state index < -0.39 is 24.3 Å². The normalized spacial score (nSPS) is 10.3. The van der Waals surface area contributed by atoms with E-state index in [0.29, 0.717) is 5.69 Å². The summed E-state index contributed by atoms with van der Waals surface area (Å²) < 4.78 is 18.4. The molecule has 4 nitrogen and oxygen atoms in total. The Morgan fingerprint density at radius 3 is 2.39 bits per heavy atom. The van der Waals surface area contributed by atoms with Gasteiger partial charge in [0.05, 0.1) is 11.3 Å². The molecule has 2 rings (SSSR count). The molecule has 0 heterocycles. The van der Waals surface area contributed by atoms with Crippen LogP contribution in [0.4, 0.5) is 10.1 Å². The summed E-state index contributed by atoms with van der Waals surface area (Å²) in [5.74, 6) is -1.58. The van der Waals surface area contributed by atoms with Gasteiger partial charge in [0, 0.05) is 4.47 Å². The Morgan fingerprint density at radius 2 is 1.74 bits per heavy atom. The molecule has 1 amide bonds. The molecule has 0 atom stereocenters. The van der Waals surface area contributed by atoms with E-state index in [1.807, 2.05) is 26.0 Å². The number of aryl methyl sites for hydroxylation is 2. The van der Waals surface area contributed by atoms with Crippen molar-refractivity contribution in [2.75, 3.05) is 11.9 Å². The maximum Gasteiger partial charge on any atom is 0.338 e. The second-order valence-corrected chi connectivity index (χ2v) is 5.90. The summed E-state index contributed by atoms with van der Waals surface area (Å²) in [4.78, 5) is 23.6. The van der Waals surface area contributed by atoms with Crippen LogP contribution >= 0.6 is 15.9 Å². The van der Waals surface area contributed by atoms with Crippen molar-refractivity contribution in [3.05, 3.63) is 63.4 Å². The average molecular weight is 380 g/mol. The van der Waals surface area contributed by atoms with E-state index in [2.05, 4.69) is 21.2 Å². The van der Waals surface area contributed by atoms with Crippen molar-refractivity contribution in [3.63, 3.8) is 0 Å². The molecule has 0 spiro atoms. The van der Waals surface area contributed by atoms with Crippen LogP contribution in [-0.2, 0) is 9.53 Å². The van der Waals surface area contributed by atoms with E-state index >= 15 is 0 Å². The molecule has 0 unspecified atom stereocenters. The van der Waals surface area contributed by atoms with Crippen LogP contribution in [0, 0.1) is 19.7 Å². The van der Waals surface area contributed by atoms with Gasteiger partial charge in [0.2, 0.25) is 0 Å². The van der Waals surface area contributed by atoms with Crippen LogP contribution in [0.2, 0.25) is 0 Å². The number of carbonyl (C=O) groups is 2. The first-order valence-electron chi connectivity index (χ1n) is 6.86. The number of ether oxygens (including phenoxy) is 1. The number of amides is 1. The molecule has 0 aliphatic heterocycles. The molecule has 2 aromatic carbocycles. The monoisotopic (exact) mass is 379 g/mol. The van der Waals surface area contributed by atoms with Gasteiger partial charge < -0.3 is 10.1 Å². The first kappa shape index (κ1) is 17.1. The highest BCUT2D eigenvalue weighted by atomic mass is 79.9. The summed E-state index contributed by atoms with van der Waals surface area (Å²) >= 11 is 3.38. The molecule has 0 fully saturated rings. The minimum absolute atomic E-state index is 0.187. The smallest absolute Gasteiger partial charge is 0.338 e. The van der Waals surface area contributed by atoms with Crippen LogP contribution in [0.1, 0.15) is 21.5 Å². The maximum atomic E-state index is 12.8. The van der Waals surface area contributed by atoms with Crippen molar-refractivity contribution >= 4 is 33.5 Å². The van der Waals surface area contributed by atoms with Gasteiger partial charge in [-0.25, -0.2) is 9.18 Å². The topological polar surface area (TPSA) is 55.4 Å². The van der Waals surface area contributed by atoms with Gasteiger partial charge in [0.1, 0.15) is 5.82 Å². The third-order valence-corrected chi connectivity index (χ3v) is 3.93. The Kier molecular flexibility index (Phi) is 5.50. The highest BCUT2D eigenvalue weighted by Gasteiger charge is 2.12. The first-order chi connectivity index (χ1) is 10.9. The maximum absolute atomic E-state index is 12.8. The zero-order valence-corrected chi connectivity index (χ0v) is 14.2. The quantitative estimate of drug-likeness (QED) is 0.816. The van der Waals surface area contributed by atoms with Crippen molar-refractivity contribution < 1.29 is 18.7 Å². The predicted molar refractivity (Wildman–Crippen MR) is 88.9 cm³/mol. The number of rotatable bonds is 4. The second-order valence-electron chi connectivity index (χ2n) is 5.05. The van der Waals surface area contributed by atoms with Gasteiger partial charge in [-0.2, -0.15) is 0 Å². The van der Waals surface area contributed by atoms with Gasteiger partial charge in [-0.3, -0.25) is 4.79 Å². The van der Waals surface area contributed by atoms with Crippen LogP contribution in [0.5, 0.6) is 0 Å². The number of nitrogens with one attached hydrogen (secondary N) is 1. The van der Waals surface area contributed by atoms with E-state index in [1.54, 1.807) is 0 Å². The van der Waals surface area contributed by atoms with Gasteiger partial charge in [0.25, 0.3) is 5.91 Å². The number of anilines is 1. The second kappa shape index (κ2) is 7.37. The number of hydrogen-bond donors (Lipinski definition) is 1. The molecule has 0 saturated carbocycles. The number of halogens is 2. The fourth-order valence-corrected chi connectivity index (χ4v) is 2.42. The lowest BCUT2D eigenvalue weighted by atomic mass is 10.1. The lowest BCUT2D eigenvalue weighted by molar-refractivity contribution is -0.119. The highest BCUT2D eigenvalue weighted by molar-refractivity contribution is 9.10. The van der Waals surface area contributed by atoms with E-state index in [0.717, 1.165) is 27.7 Å². The number of esters is 1. The molecule has 6 heteroatoms. The van der Waals surface area contributed by atoms with Crippen molar-refractivity contribution in [1.82, 2.24) is 0 Å². The summed E-state index contributed by atoms with van der Waals surface area (Å²) in [6.45, 7) is 3.48. The molecule has 23 heavy (non-hydrogen) atoms. The summed E-state index contributed by atoms with van der Waals surface area (Å²) in [5, 5.41) is 2.67. The molecule has 0 saturated heterocycles. The van der Waals surface area contributed by atoms with Gasteiger partial charge in [-0.05, 0) is 77.3 Å². The molecule has 0 aliphatic carbocycles. The minimum Gasteiger partial charge on any atom is -0.452 e. The first-order valence-corrected chi connectivity index (χ1v) is 7.65. The number of benzene rings is 2. The van der Waals surface area contributed by atoms with Gasteiger partial charge >= 0.3 is 5.97 Å². The Labute approximate surface area is 141 Å². The van der Waals surface area contributed by atoms with E-state index in [1.165, 1.54) is 12.1 Å². The molecular formula is C17H15BrFNO3. The van der Waals surface area contributed by atoms with Gasteiger partial charge in [-0.1, -0.05) is 0 Å². The fourth-order valence-electron chi connectivity index (χ4n) is 1.86. The Balaban J connectivity index is 1.94. The Hall–Kier alpha value is -2.21. The van der Waals surface area contributed by atoms with Crippen molar-refractivity contribution in [1.29, 1.82) is 0 Å². The third-order valence-electron chi connectivity index (χ3n) is 3.27. The van der Waals surface area contributed by atoms with Crippen LogP contribution in [-0.4, -0.2) is 18.5 Å². The zero-order valence-electron chi connectivity index (χ0n) is 12.7. The summed E-state index contributed by atoms with van der Waals surface area (Å²) in [5.41, 5.74) is 2.92. The zero-order chi connectivity index (χ0) is 17.0. The summed E-state index contributed by atoms with van der Waals surface area (Å²) in [6.07, 6.45) is 0. The largest absolute Gasteiger partial charge is 0.452 e. The van der Waals surface area contributed by atoms with Gasteiger partial charge in [-0.15, -0.1) is 0 Å². The molecule has 0 aliphatic rings. The van der Waals surface area contributed by atoms with Gasteiger partial charge in [0.15, 0.2) is 6.61 Å². The van der Waals surface area contributed by atoms with Crippen LogP contribution in [0.3, 0.4) is 0 Å². The standard InChI is InChI=1S/C17H15BrFNO3/c1-10-7-14(18)15(8-11(10)2)20-16(21)9-23-17(22)12-3-5-13(19)6-4-12/h3-8H,9H2,1-2H3,(H,20,21). The predicted octanol–water partition coefficient (Wildman–Crippen LogP) is 4.00. The molecule has 0 aromatic heterocycles. The minimum atomic E-state index is -0.681. The molecule has 2 aromatic rings. The fraction of sp³-hybridized carbons (Fsp3) is 0.176. The van der Waals surface area contributed by atoms with Crippen LogP contribution in [0.25, 0.3) is 0 Å². The SMILES string of the molecule is Cc1cc(Br)c(NC(=O)COC(=O)c2ccc(F)cc2)cc1C. The molecule has 0 radical (unpaired) electrons. The summed E-state index contributed by atoms with van der Waals surface area (Å²) in [6, 6.07) is 8.64. The van der Waals surface area contributed by atoms with Crippen LogP contribution in [0.15, 0.2) is 40.9 Å². The van der Waals surface area contributed by atoms with Crippen LogP contribution < -0.4 is 5.32 Å². The molecule has 0 bridgehead atoms. The number of hydrogen-bond acceptors (Lipinski definition) is 3. The Bertz CT molecular complexity index is 744. The number of carbonyl (C=O) groups excluding carboxylic acids is 2. The lowest BCUT2D eigenvalue weighted by Gasteiger charge is -2.10. The molecular weight excluding hydrogens is 365 g/mol. The summed E-state index contributed by atoms with van der Waals surface area (Å²) in [7, 11) is 0. The van der Waals surface area contributed by atoms with E-state index in [4.69, 9.17) is 4.74 Å². The van der Waals surface area contributed by atoms with E-state index in [-0.39, 0.29) is 5.56 Å². The van der Waals surface area contributed by atoms with Crippen molar-refractivity contribution in [3.8, 4) is 0 Å². The lowest BCUT2D eigenvalue weighted by Crippen LogP contribution is -2.21. The Morgan fingerprint density at radius 1 is 1.13 bits per heavy atom. The van der Waals surface area contributed by atoms with E-state index in [9.17, 15) is 14.0 Å². The highest BCUT2D eigenvalue weighted by Crippen LogP contribution is 2.26. The average Bonchev–Trinajstić information content (AvgIpc) is 2.51. The third kappa shape index (κ3) is 4.63.